The van der Waals surface area contributed by atoms with E-state index < -0.39 is 0 Å². The fourth-order valence-corrected chi connectivity index (χ4v) is 3.79. The van der Waals surface area contributed by atoms with Gasteiger partial charge in [0.2, 0.25) is 11.8 Å². The minimum absolute atomic E-state index is 0.136. The number of hydrogen-bond acceptors (Lipinski definition) is 2. The number of nitrogens with zero attached hydrogens (tertiary/aromatic N) is 2. The van der Waals surface area contributed by atoms with Crippen molar-refractivity contribution in [3.05, 3.63) is 35.9 Å². The predicted molar refractivity (Wildman–Crippen MR) is 89.9 cm³/mol. The summed E-state index contributed by atoms with van der Waals surface area (Å²) in [6, 6.07) is 10.3. The first kappa shape index (κ1) is 16.0. The van der Waals surface area contributed by atoms with Gasteiger partial charge in [-0.1, -0.05) is 30.3 Å². The summed E-state index contributed by atoms with van der Waals surface area (Å²) in [5.74, 6) is 0.279. The fraction of sp³-hybridized carbons (Fsp3) is 0.579. The molecule has 0 aromatic heterocycles. The van der Waals surface area contributed by atoms with Gasteiger partial charge in [0.05, 0.1) is 0 Å². The average molecular weight is 314 g/mol. The zero-order chi connectivity index (χ0) is 16.2. The SMILES string of the molecule is C[C@@H]1C(=O)N2CCC[C@@H]2CN1C(=O)CCCCc1ccccc1. The van der Waals surface area contributed by atoms with Gasteiger partial charge < -0.3 is 9.80 Å². The second-order valence-corrected chi connectivity index (χ2v) is 6.74. The van der Waals surface area contributed by atoms with Crippen molar-refractivity contribution < 1.29 is 9.59 Å². The van der Waals surface area contributed by atoms with Crippen LogP contribution in [0.15, 0.2) is 30.3 Å². The molecule has 0 saturated carbocycles. The van der Waals surface area contributed by atoms with Gasteiger partial charge in [0, 0.05) is 25.6 Å². The van der Waals surface area contributed by atoms with Crippen LogP contribution in [0.25, 0.3) is 0 Å². The second kappa shape index (κ2) is 7.16. The number of piperazine rings is 1. The normalized spacial score (nSPS) is 24.0. The molecule has 1 aromatic carbocycles. The monoisotopic (exact) mass is 314 g/mol. The highest BCUT2D eigenvalue weighted by Gasteiger charge is 2.41. The Bertz CT molecular complexity index is 558. The molecule has 2 saturated heterocycles. The summed E-state index contributed by atoms with van der Waals surface area (Å²) in [5, 5.41) is 0. The Balaban J connectivity index is 1.47. The van der Waals surface area contributed by atoms with E-state index in [0.717, 1.165) is 45.2 Å². The quantitative estimate of drug-likeness (QED) is 0.784. The first-order chi connectivity index (χ1) is 11.2. The first-order valence-corrected chi connectivity index (χ1v) is 8.80. The molecule has 2 atom stereocenters. The van der Waals surface area contributed by atoms with E-state index in [1.165, 1.54) is 5.56 Å². The molecule has 0 bridgehead atoms. The average Bonchev–Trinajstić information content (AvgIpc) is 3.04. The molecule has 0 N–H and O–H groups in total. The van der Waals surface area contributed by atoms with Gasteiger partial charge in [-0.05, 0) is 44.6 Å². The lowest BCUT2D eigenvalue weighted by Crippen LogP contribution is -2.60. The molecule has 4 nitrogen and oxygen atoms in total. The van der Waals surface area contributed by atoms with Gasteiger partial charge in [-0.15, -0.1) is 0 Å². The third-order valence-corrected chi connectivity index (χ3v) is 5.16. The van der Waals surface area contributed by atoms with E-state index in [1.54, 1.807) is 0 Å². The molecule has 0 radical (unpaired) electrons. The maximum absolute atomic E-state index is 12.5. The van der Waals surface area contributed by atoms with E-state index in [9.17, 15) is 9.59 Å². The number of carbonyl (C=O) groups excluding carboxylic acids is 2. The lowest BCUT2D eigenvalue weighted by molar-refractivity contribution is -0.152. The zero-order valence-corrected chi connectivity index (χ0v) is 13.9. The van der Waals surface area contributed by atoms with E-state index in [-0.39, 0.29) is 23.9 Å². The topological polar surface area (TPSA) is 40.6 Å². The number of amides is 2. The lowest BCUT2D eigenvalue weighted by Gasteiger charge is -2.41. The molecule has 124 valence electrons. The summed E-state index contributed by atoms with van der Waals surface area (Å²) in [7, 11) is 0. The molecular formula is C19H26N2O2. The largest absolute Gasteiger partial charge is 0.336 e. The number of aryl methyl sites for hydroxylation is 1. The maximum atomic E-state index is 12.5. The Morgan fingerprint density at radius 2 is 2.00 bits per heavy atom. The molecule has 2 aliphatic rings. The molecule has 0 unspecified atom stereocenters. The van der Waals surface area contributed by atoms with Crippen LogP contribution < -0.4 is 0 Å². The molecule has 1 aromatic rings. The highest BCUT2D eigenvalue weighted by atomic mass is 16.2. The number of benzene rings is 1. The summed E-state index contributed by atoms with van der Waals surface area (Å²) < 4.78 is 0. The first-order valence-electron chi connectivity index (χ1n) is 8.80. The third-order valence-electron chi connectivity index (χ3n) is 5.16. The second-order valence-electron chi connectivity index (χ2n) is 6.74. The van der Waals surface area contributed by atoms with Crippen molar-refractivity contribution in [3.8, 4) is 0 Å². The van der Waals surface area contributed by atoms with E-state index in [2.05, 4.69) is 24.3 Å². The number of rotatable bonds is 5. The van der Waals surface area contributed by atoms with Crippen molar-refractivity contribution in [2.45, 2.75) is 57.5 Å². The van der Waals surface area contributed by atoms with Crippen LogP contribution in [0.5, 0.6) is 0 Å². The molecule has 4 heteroatoms. The minimum Gasteiger partial charge on any atom is -0.336 e. The number of unbranched alkanes of at least 4 members (excludes halogenated alkanes) is 1. The molecule has 0 aliphatic carbocycles. The van der Waals surface area contributed by atoms with E-state index in [4.69, 9.17) is 0 Å². The van der Waals surface area contributed by atoms with Crippen LogP contribution in [0.3, 0.4) is 0 Å². The van der Waals surface area contributed by atoms with Crippen molar-refractivity contribution in [1.82, 2.24) is 9.80 Å². The standard InChI is InChI=1S/C19H26N2O2/c1-15-19(23)20-13-7-11-17(20)14-21(15)18(22)12-6-5-10-16-8-3-2-4-9-16/h2-4,8-9,15,17H,5-7,10-14H2,1H3/t15-,17-/m1/s1. The molecule has 3 rings (SSSR count). The summed E-state index contributed by atoms with van der Waals surface area (Å²) >= 11 is 0. The smallest absolute Gasteiger partial charge is 0.245 e. The summed E-state index contributed by atoms with van der Waals surface area (Å²) in [4.78, 5) is 28.7. The van der Waals surface area contributed by atoms with Crippen LogP contribution in [0.1, 0.15) is 44.6 Å². The predicted octanol–water partition coefficient (Wildman–Crippen LogP) is 2.62. The molecule has 23 heavy (non-hydrogen) atoms. The Morgan fingerprint density at radius 1 is 1.22 bits per heavy atom. The van der Waals surface area contributed by atoms with Crippen molar-refractivity contribution >= 4 is 11.8 Å². The van der Waals surface area contributed by atoms with Gasteiger partial charge in [0.15, 0.2) is 0 Å². The lowest BCUT2D eigenvalue weighted by atomic mass is 10.0. The molecular weight excluding hydrogens is 288 g/mol. The molecule has 2 amide bonds. The van der Waals surface area contributed by atoms with E-state index >= 15 is 0 Å². The molecule has 2 aliphatic heterocycles. The third kappa shape index (κ3) is 3.57. The highest BCUT2D eigenvalue weighted by Crippen LogP contribution is 2.26. The summed E-state index contributed by atoms with van der Waals surface area (Å²) in [5.41, 5.74) is 1.32. The highest BCUT2D eigenvalue weighted by molar-refractivity contribution is 5.89. The van der Waals surface area contributed by atoms with Gasteiger partial charge in [0.1, 0.15) is 6.04 Å². The van der Waals surface area contributed by atoms with Gasteiger partial charge in [0.25, 0.3) is 0 Å². The summed E-state index contributed by atoms with van der Waals surface area (Å²) in [6.45, 7) is 3.47. The minimum atomic E-state index is -0.286. The van der Waals surface area contributed by atoms with Crippen LogP contribution in [0.4, 0.5) is 0 Å². The molecule has 2 heterocycles. The molecule has 0 spiro atoms. The fourth-order valence-electron chi connectivity index (χ4n) is 3.79. The van der Waals surface area contributed by atoms with Crippen LogP contribution in [0, 0.1) is 0 Å². The van der Waals surface area contributed by atoms with Crippen molar-refractivity contribution in [1.29, 1.82) is 0 Å². The number of hydrogen-bond donors (Lipinski definition) is 0. The van der Waals surface area contributed by atoms with Crippen LogP contribution in [0.2, 0.25) is 0 Å². The van der Waals surface area contributed by atoms with E-state index in [0.29, 0.717) is 6.42 Å². The molecule has 2 fully saturated rings. The Morgan fingerprint density at radius 3 is 2.78 bits per heavy atom. The van der Waals surface area contributed by atoms with Crippen molar-refractivity contribution in [3.63, 3.8) is 0 Å². The maximum Gasteiger partial charge on any atom is 0.245 e. The van der Waals surface area contributed by atoms with Crippen molar-refractivity contribution in [2.24, 2.45) is 0 Å². The zero-order valence-electron chi connectivity index (χ0n) is 13.9. The Kier molecular flexibility index (Phi) is 4.99. The number of carbonyl (C=O) groups is 2. The van der Waals surface area contributed by atoms with Gasteiger partial charge in [-0.25, -0.2) is 0 Å². The van der Waals surface area contributed by atoms with Crippen molar-refractivity contribution in [2.75, 3.05) is 13.1 Å². The Hall–Kier alpha value is -1.84. The summed E-state index contributed by atoms with van der Waals surface area (Å²) in [6.07, 6.45) is 5.58. The van der Waals surface area contributed by atoms with Crippen LogP contribution >= 0.6 is 0 Å². The number of fused-ring (bicyclic) bond motifs is 1. The van der Waals surface area contributed by atoms with Crippen LogP contribution in [-0.2, 0) is 16.0 Å². The Labute approximate surface area is 138 Å². The van der Waals surface area contributed by atoms with Gasteiger partial charge in [-0.2, -0.15) is 0 Å². The van der Waals surface area contributed by atoms with E-state index in [1.807, 2.05) is 22.8 Å². The van der Waals surface area contributed by atoms with Crippen LogP contribution in [-0.4, -0.2) is 46.8 Å². The van der Waals surface area contributed by atoms with Gasteiger partial charge in [-0.3, -0.25) is 9.59 Å². The van der Waals surface area contributed by atoms with Gasteiger partial charge >= 0.3 is 0 Å².